The monoisotopic (exact) mass is 373 g/mol. The molecule has 0 bridgehead atoms. The third kappa shape index (κ3) is 3.36. The number of rotatable bonds is 4. The van der Waals surface area contributed by atoms with Gasteiger partial charge in [-0.05, 0) is 55.5 Å². The highest BCUT2D eigenvalue weighted by Gasteiger charge is 2.36. The van der Waals surface area contributed by atoms with Crippen LogP contribution in [0.4, 0.5) is 5.82 Å². The first-order valence-electron chi connectivity index (χ1n) is 9.71. The molecule has 142 valence electrons. The number of nitrogens with zero attached hydrogens (tertiary/aromatic N) is 4. The Labute approximate surface area is 164 Å². The van der Waals surface area contributed by atoms with Crippen molar-refractivity contribution in [3.8, 4) is 6.07 Å². The van der Waals surface area contributed by atoms with E-state index in [2.05, 4.69) is 11.1 Å². The van der Waals surface area contributed by atoms with Gasteiger partial charge in [-0.2, -0.15) is 10.4 Å². The van der Waals surface area contributed by atoms with Gasteiger partial charge in [0.15, 0.2) is 0 Å². The second-order valence-corrected chi connectivity index (χ2v) is 7.57. The zero-order valence-electron chi connectivity index (χ0n) is 15.9. The highest BCUT2D eigenvalue weighted by atomic mass is 16.1. The number of aromatic nitrogens is 1. The molecule has 1 aliphatic heterocycles. The Morgan fingerprint density at radius 3 is 2.71 bits per heavy atom. The third-order valence-electron chi connectivity index (χ3n) is 5.80. The number of pyridine rings is 1. The molecule has 0 spiro atoms. The van der Waals surface area contributed by atoms with Crippen molar-refractivity contribution in [3.63, 3.8) is 0 Å². The lowest BCUT2D eigenvalue weighted by atomic mass is 9.92. The van der Waals surface area contributed by atoms with Crippen molar-refractivity contribution in [1.29, 1.82) is 5.26 Å². The fraction of sp³-hybridized carbons (Fsp3) is 0.364. The van der Waals surface area contributed by atoms with Crippen LogP contribution in [0.2, 0.25) is 0 Å². The molecule has 0 saturated heterocycles. The van der Waals surface area contributed by atoms with E-state index in [-0.39, 0.29) is 6.04 Å². The van der Waals surface area contributed by atoms with Gasteiger partial charge in [0.05, 0.1) is 23.0 Å². The van der Waals surface area contributed by atoms with E-state index in [1.807, 2.05) is 42.3 Å². The van der Waals surface area contributed by atoms with Crippen molar-refractivity contribution in [3.05, 3.63) is 58.8 Å². The van der Waals surface area contributed by atoms with Crippen LogP contribution in [0.25, 0.3) is 0 Å². The molecule has 1 fully saturated rings. The summed E-state index contributed by atoms with van der Waals surface area (Å²) in [4.78, 5) is 16.2. The van der Waals surface area contributed by atoms with Crippen LogP contribution in [0, 0.1) is 24.2 Å². The lowest BCUT2D eigenvalue weighted by molar-refractivity contribution is 0.100. The van der Waals surface area contributed by atoms with Gasteiger partial charge in [-0.1, -0.05) is 25.0 Å². The Bertz CT molecular complexity index is 985. The number of hydrogen-bond donors (Lipinski definition) is 1. The van der Waals surface area contributed by atoms with Gasteiger partial charge in [0.2, 0.25) is 5.91 Å². The van der Waals surface area contributed by atoms with Crippen LogP contribution >= 0.6 is 0 Å². The summed E-state index contributed by atoms with van der Waals surface area (Å²) in [5, 5.41) is 16.1. The minimum Gasteiger partial charge on any atom is -0.366 e. The molecule has 1 aromatic carbocycles. The van der Waals surface area contributed by atoms with Crippen LogP contribution in [0.15, 0.2) is 41.5 Å². The molecule has 2 N–H and O–H groups in total. The second-order valence-electron chi connectivity index (χ2n) is 7.57. The zero-order chi connectivity index (χ0) is 19.7. The Balaban J connectivity index is 1.72. The van der Waals surface area contributed by atoms with E-state index < -0.39 is 5.91 Å². The van der Waals surface area contributed by atoms with E-state index in [4.69, 9.17) is 10.8 Å². The number of primary amides is 1. The molecule has 1 saturated carbocycles. The quantitative estimate of drug-likeness (QED) is 0.887. The minimum absolute atomic E-state index is 0.245. The molecule has 1 aliphatic carbocycles. The molecular weight excluding hydrogens is 350 g/mol. The molecule has 6 nitrogen and oxygen atoms in total. The van der Waals surface area contributed by atoms with Gasteiger partial charge >= 0.3 is 0 Å². The number of anilines is 1. The van der Waals surface area contributed by atoms with Crippen LogP contribution in [-0.2, 0) is 0 Å². The fourth-order valence-corrected chi connectivity index (χ4v) is 4.28. The molecule has 2 aromatic rings. The molecule has 0 unspecified atom stereocenters. The zero-order valence-corrected chi connectivity index (χ0v) is 15.9. The van der Waals surface area contributed by atoms with Crippen molar-refractivity contribution < 1.29 is 4.79 Å². The summed E-state index contributed by atoms with van der Waals surface area (Å²) in [5.74, 6) is 0.904. The first-order valence-corrected chi connectivity index (χ1v) is 9.71. The number of carbonyl (C=O) groups is 1. The standard InChI is InChI=1S/C22H23N5O/c1-14-18(13-23)9-10-21(25-14)27-20(15-5-2-3-6-15)12-19(26-27)16-7-4-8-17(11-16)22(24)28/h4,7-11,15,20H,2-3,5-6,12H2,1H3,(H2,24,28)/t20-/m1/s1. The van der Waals surface area contributed by atoms with E-state index in [0.29, 0.717) is 22.7 Å². The average Bonchev–Trinajstić information content (AvgIpc) is 3.37. The molecule has 1 aromatic heterocycles. The molecule has 2 aliphatic rings. The van der Waals surface area contributed by atoms with E-state index in [0.717, 1.165) is 23.5 Å². The molecular formula is C22H23N5O. The lowest BCUT2D eigenvalue weighted by Gasteiger charge is -2.27. The first-order chi connectivity index (χ1) is 13.6. The first kappa shape index (κ1) is 18.2. The molecule has 0 radical (unpaired) electrons. The molecule has 2 heterocycles. The van der Waals surface area contributed by atoms with Crippen molar-refractivity contribution in [2.75, 3.05) is 5.01 Å². The Morgan fingerprint density at radius 2 is 2.04 bits per heavy atom. The average molecular weight is 373 g/mol. The molecule has 28 heavy (non-hydrogen) atoms. The lowest BCUT2D eigenvalue weighted by Crippen LogP contribution is -2.33. The molecule has 6 heteroatoms. The Hall–Kier alpha value is -3.20. The summed E-state index contributed by atoms with van der Waals surface area (Å²) in [6.07, 6.45) is 5.71. The van der Waals surface area contributed by atoms with Gasteiger partial charge in [0, 0.05) is 12.0 Å². The molecule has 1 atom stereocenters. The van der Waals surface area contributed by atoms with Crippen LogP contribution in [0.3, 0.4) is 0 Å². The number of amides is 1. The Morgan fingerprint density at radius 1 is 1.25 bits per heavy atom. The SMILES string of the molecule is Cc1nc(N2N=C(c3cccc(C(N)=O)c3)C[C@@H]2C2CCCC2)ccc1C#N. The van der Waals surface area contributed by atoms with Gasteiger partial charge < -0.3 is 5.73 Å². The normalized spacial score (nSPS) is 19.5. The van der Waals surface area contributed by atoms with Gasteiger partial charge in [0.1, 0.15) is 11.9 Å². The van der Waals surface area contributed by atoms with E-state index in [1.165, 1.54) is 25.7 Å². The van der Waals surface area contributed by atoms with Crippen LogP contribution in [0.1, 0.15) is 59.3 Å². The Kier molecular flexibility index (Phi) is 4.82. The summed E-state index contributed by atoms with van der Waals surface area (Å²) in [6, 6.07) is 13.4. The maximum absolute atomic E-state index is 11.6. The van der Waals surface area contributed by atoms with Crippen LogP contribution < -0.4 is 10.7 Å². The number of carbonyl (C=O) groups excluding carboxylic acids is 1. The summed E-state index contributed by atoms with van der Waals surface area (Å²) in [5.41, 5.74) is 9.10. The largest absolute Gasteiger partial charge is 0.366 e. The van der Waals surface area contributed by atoms with Crippen molar-refractivity contribution in [1.82, 2.24) is 4.98 Å². The summed E-state index contributed by atoms with van der Waals surface area (Å²) in [6.45, 7) is 1.85. The predicted molar refractivity (Wildman–Crippen MR) is 108 cm³/mol. The fourth-order valence-electron chi connectivity index (χ4n) is 4.28. The van der Waals surface area contributed by atoms with E-state index >= 15 is 0 Å². The van der Waals surface area contributed by atoms with Crippen molar-refractivity contribution >= 4 is 17.4 Å². The van der Waals surface area contributed by atoms with Gasteiger partial charge in [-0.15, -0.1) is 0 Å². The molecule has 4 rings (SSSR count). The highest BCUT2D eigenvalue weighted by molar-refractivity contribution is 6.05. The van der Waals surface area contributed by atoms with Crippen molar-refractivity contribution in [2.45, 2.75) is 45.1 Å². The number of hydrazone groups is 1. The second kappa shape index (κ2) is 7.43. The topological polar surface area (TPSA) is 95.4 Å². The summed E-state index contributed by atoms with van der Waals surface area (Å²) >= 11 is 0. The van der Waals surface area contributed by atoms with E-state index in [1.54, 1.807) is 6.07 Å². The van der Waals surface area contributed by atoms with E-state index in [9.17, 15) is 10.1 Å². The van der Waals surface area contributed by atoms with Crippen LogP contribution in [-0.4, -0.2) is 22.6 Å². The predicted octanol–water partition coefficient (Wildman–Crippen LogP) is 3.53. The smallest absolute Gasteiger partial charge is 0.248 e. The number of nitriles is 1. The number of nitrogens with two attached hydrogens (primary N) is 1. The van der Waals surface area contributed by atoms with Gasteiger partial charge in [-0.25, -0.2) is 9.99 Å². The highest BCUT2D eigenvalue weighted by Crippen LogP contribution is 2.37. The van der Waals surface area contributed by atoms with Gasteiger partial charge in [-0.3, -0.25) is 4.79 Å². The third-order valence-corrected chi connectivity index (χ3v) is 5.80. The summed E-state index contributed by atoms with van der Waals surface area (Å²) < 4.78 is 0. The maximum atomic E-state index is 11.6. The molecule has 1 amide bonds. The summed E-state index contributed by atoms with van der Waals surface area (Å²) in [7, 11) is 0. The number of hydrogen-bond acceptors (Lipinski definition) is 5. The minimum atomic E-state index is -0.436. The van der Waals surface area contributed by atoms with Crippen molar-refractivity contribution in [2.24, 2.45) is 16.8 Å². The maximum Gasteiger partial charge on any atom is 0.248 e. The van der Waals surface area contributed by atoms with Gasteiger partial charge in [0.25, 0.3) is 0 Å². The van der Waals surface area contributed by atoms with Crippen LogP contribution in [0.5, 0.6) is 0 Å². The number of benzene rings is 1. The number of aryl methyl sites for hydroxylation is 1.